The van der Waals surface area contributed by atoms with E-state index in [4.69, 9.17) is 4.99 Å². The minimum Gasteiger partial charge on any atom is -0.406 e. The number of hydrogen-bond donors (Lipinski definition) is 1. The highest BCUT2D eigenvalue weighted by atomic mass is 32.2. The normalized spacial score (nSPS) is 15.3. The van der Waals surface area contributed by atoms with Crippen molar-refractivity contribution in [3.63, 3.8) is 0 Å². The number of nitrogens with one attached hydrogen (secondary N) is 1. The molecule has 0 saturated carbocycles. The SMILES string of the molecule is CC(CCCc1ccc(-c2ncn(-c3ccc(OC(F)(F)F)cc3)n2)cc1)NCN=C1SCCN1c1ccc(F)cc1C(C)C. The molecule has 1 fully saturated rings. The number of aryl methyl sites for hydroxylation is 1. The van der Waals surface area contributed by atoms with Gasteiger partial charge in [0.15, 0.2) is 11.0 Å². The molecule has 1 aromatic heterocycles. The zero-order chi connectivity index (χ0) is 32.0. The highest BCUT2D eigenvalue weighted by molar-refractivity contribution is 8.14. The van der Waals surface area contributed by atoms with Crippen molar-refractivity contribution < 1.29 is 22.3 Å². The molecule has 7 nitrogen and oxygen atoms in total. The Morgan fingerprint density at radius 3 is 2.49 bits per heavy atom. The summed E-state index contributed by atoms with van der Waals surface area (Å²) in [7, 11) is 0. The Balaban J connectivity index is 1.08. The van der Waals surface area contributed by atoms with Crippen molar-refractivity contribution in [1.82, 2.24) is 20.1 Å². The topological polar surface area (TPSA) is 67.6 Å². The van der Waals surface area contributed by atoms with Crippen molar-refractivity contribution >= 4 is 22.6 Å². The predicted molar refractivity (Wildman–Crippen MR) is 172 cm³/mol. The van der Waals surface area contributed by atoms with Gasteiger partial charge >= 0.3 is 6.36 Å². The summed E-state index contributed by atoms with van der Waals surface area (Å²) >= 11 is 1.73. The van der Waals surface area contributed by atoms with E-state index in [0.29, 0.717) is 24.2 Å². The van der Waals surface area contributed by atoms with Crippen LogP contribution in [0.25, 0.3) is 17.1 Å². The first-order valence-electron chi connectivity index (χ1n) is 14.9. The quantitative estimate of drug-likeness (QED) is 0.159. The number of aromatic nitrogens is 3. The second kappa shape index (κ2) is 14.5. The lowest BCUT2D eigenvalue weighted by molar-refractivity contribution is -0.274. The number of rotatable bonds is 12. The number of nitrogens with zero attached hydrogens (tertiary/aromatic N) is 5. The Labute approximate surface area is 264 Å². The van der Waals surface area contributed by atoms with Gasteiger partial charge in [0.2, 0.25) is 0 Å². The summed E-state index contributed by atoms with van der Waals surface area (Å²) in [5.41, 5.74) is 4.67. The van der Waals surface area contributed by atoms with Crippen LogP contribution in [0.15, 0.2) is 78.0 Å². The number of thioether (sulfide) groups is 1. The van der Waals surface area contributed by atoms with Gasteiger partial charge in [0.1, 0.15) is 17.9 Å². The molecular weight excluding hydrogens is 604 g/mol. The van der Waals surface area contributed by atoms with Crippen LogP contribution in [0, 0.1) is 5.82 Å². The van der Waals surface area contributed by atoms with Crippen LogP contribution in [-0.4, -0.2) is 51.3 Å². The number of benzene rings is 3. The number of aliphatic imine (C=N–C) groups is 1. The van der Waals surface area contributed by atoms with Gasteiger partial charge in [-0.05, 0) is 85.7 Å². The van der Waals surface area contributed by atoms with E-state index in [2.05, 4.69) is 57.9 Å². The molecule has 0 amide bonds. The van der Waals surface area contributed by atoms with Crippen molar-refractivity contribution in [2.75, 3.05) is 23.9 Å². The molecule has 4 aromatic rings. The molecule has 3 aromatic carbocycles. The van der Waals surface area contributed by atoms with Gasteiger partial charge in [-0.2, -0.15) is 0 Å². The summed E-state index contributed by atoms with van der Waals surface area (Å²) in [5.74, 6) is 1.20. The number of amidine groups is 1. The van der Waals surface area contributed by atoms with E-state index < -0.39 is 6.36 Å². The van der Waals surface area contributed by atoms with Crippen LogP contribution in [0.5, 0.6) is 5.75 Å². The van der Waals surface area contributed by atoms with E-state index in [1.54, 1.807) is 17.8 Å². The zero-order valence-electron chi connectivity index (χ0n) is 25.4. The van der Waals surface area contributed by atoms with Crippen LogP contribution in [0.3, 0.4) is 0 Å². The van der Waals surface area contributed by atoms with Crippen LogP contribution in [0.2, 0.25) is 0 Å². The molecule has 2 heterocycles. The molecule has 1 unspecified atom stereocenters. The maximum atomic E-state index is 13.9. The van der Waals surface area contributed by atoms with Crippen molar-refractivity contribution in [3.8, 4) is 22.8 Å². The van der Waals surface area contributed by atoms with Gasteiger partial charge in [-0.3, -0.25) is 5.32 Å². The molecule has 1 aliphatic heterocycles. The fraction of sp³-hybridized carbons (Fsp3) is 0.364. The standard InChI is InChI=1S/C33H36F4N6OS/c1-22(2)29-19-26(34)11-16-30(29)42-17-18-45-32(42)39-20-38-23(3)5-4-6-24-7-9-25(10-8-24)31-40-21-43(41-31)27-12-14-28(15-13-27)44-33(35,36)37/h7-16,19,21-23,38H,4-6,17-18,20H2,1-3H3. The van der Waals surface area contributed by atoms with Gasteiger partial charge < -0.3 is 9.64 Å². The van der Waals surface area contributed by atoms with Crippen molar-refractivity contribution in [3.05, 3.63) is 90.0 Å². The molecule has 0 aliphatic carbocycles. The molecule has 0 radical (unpaired) electrons. The largest absolute Gasteiger partial charge is 0.573 e. The second-order valence-corrected chi connectivity index (χ2v) is 12.3. The monoisotopic (exact) mass is 640 g/mol. The third-order valence-corrected chi connectivity index (χ3v) is 8.47. The molecule has 1 aliphatic rings. The van der Waals surface area contributed by atoms with Gasteiger partial charge in [0, 0.05) is 29.6 Å². The van der Waals surface area contributed by atoms with Gasteiger partial charge in [-0.25, -0.2) is 19.0 Å². The molecule has 238 valence electrons. The Morgan fingerprint density at radius 1 is 1.02 bits per heavy atom. The number of anilines is 1. The van der Waals surface area contributed by atoms with Gasteiger partial charge in [0.25, 0.3) is 0 Å². The molecule has 12 heteroatoms. The summed E-state index contributed by atoms with van der Waals surface area (Å²) < 4.78 is 56.5. The van der Waals surface area contributed by atoms with E-state index in [9.17, 15) is 17.6 Å². The molecule has 0 spiro atoms. The van der Waals surface area contributed by atoms with Crippen LogP contribution in [-0.2, 0) is 6.42 Å². The third-order valence-electron chi connectivity index (χ3n) is 7.47. The molecule has 1 saturated heterocycles. The second-order valence-electron chi connectivity index (χ2n) is 11.2. The predicted octanol–water partition coefficient (Wildman–Crippen LogP) is 7.96. The molecule has 5 rings (SSSR count). The fourth-order valence-corrected chi connectivity index (χ4v) is 6.07. The summed E-state index contributed by atoms with van der Waals surface area (Å²) in [4.78, 5) is 11.4. The van der Waals surface area contributed by atoms with E-state index >= 15 is 0 Å². The molecule has 45 heavy (non-hydrogen) atoms. The van der Waals surface area contributed by atoms with E-state index in [1.165, 1.54) is 46.9 Å². The van der Waals surface area contributed by atoms with Gasteiger partial charge in [0.05, 0.1) is 12.4 Å². The summed E-state index contributed by atoms with van der Waals surface area (Å²) in [6.45, 7) is 7.71. The van der Waals surface area contributed by atoms with Crippen LogP contribution >= 0.6 is 11.8 Å². The number of alkyl halides is 3. The van der Waals surface area contributed by atoms with Crippen molar-refractivity contribution in [2.24, 2.45) is 4.99 Å². The maximum absolute atomic E-state index is 13.9. The highest BCUT2D eigenvalue weighted by Gasteiger charge is 2.31. The first-order valence-corrected chi connectivity index (χ1v) is 15.9. The molecule has 1 atom stereocenters. The lowest BCUT2D eigenvalue weighted by atomic mass is 10.0. The van der Waals surface area contributed by atoms with Crippen molar-refractivity contribution in [2.45, 2.75) is 58.4 Å². The Bertz CT molecular complexity index is 1590. The summed E-state index contributed by atoms with van der Waals surface area (Å²) in [6.07, 6.45) is -0.267. The average Bonchev–Trinajstić information content (AvgIpc) is 3.68. The lowest BCUT2D eigenvalue weighted by Gasteiger charge is -2.23. The smallest absolute Gasteiger partial charge is 0.406 e. The fourth-order valence-electron chi connectivity index (χ4n) is 5.11. The third kappa shape index (κ3) is 8.85. The van der Waals surface area contributed by atoms with Crippen molar-refractivity contribution in [1.29, 1.82) is 0 Å². The van der Waals surface area contributed by atoms with E-state index in [1.807, 2.05) is 18.2 Å². The average molecular weight is 641 g/mol. The number of hydrogen-bond acceptors (Lipinski definition) is 6. The van der Waals surface area contributed by atoms with Crippen LogP contribution in [0.1, 0.15) is 50.7 Å². The van der Waals surface area contributed by atoms with Gasteiger partial charge in [-0.15, -0.1) is 18.3 Å². The number of halogens is 4. The minimum absolute atomic E-state index is 0.211. The Kier molecular flexibility index (Phi) is 10.4. The first-order chi connectivity index (χ1) is 21.6. The number of ether oxygens (including phenoxy) is 1. The maximum Gasteiger partial charge on any atom is 0.573 e. The lowest BCUT2D eigenvalue weighted by Crippen LogP contribution is -2.29. The highest BCUT2D eigenvalue weighted by Crippen LogP contribution is 2.33. The van der Waals surface area contributed by atoms with E-state index in [-0.39, 0.29) is 17.5 Å². The molecular formula is C33H36F4N6OS. The molecule has 0 bridgehead atoms. The summed E-state index contributed by atoms with van der Waals surface area (Å²) in [5, 5.41) is 8.95. The minimum atomic E-state index is -4.73. The van der Waals surface area contributed by atoms with Gasteiger partial charge in [-0.1, -0.05) is 49.9 Å². The Morgan fingerprint density at radius 2 is 1.78 bits per heavy atom. The summed E-state index contributed by atoms with van der Waals surface area (Å²) in [6, 6.07) is 18.9. The first kappa shape index (κ1) is 32.5. The Hall–Kier alpha value is -3.90. The van der Waals surface area contributed by atoms with Crippen LogP contribution < -0.4 is 15.0 Å². The van der Waals surface area contributed by atoms with E-state index in [0.717, 1.165) is 53.5 Å². The zero-order valence-corrected chi connectivity index (χ0v) is 26.2. The molecule has 1 N–H and O–H groups in total. The van der Waals surface area contributed by atoms with Crippen LogP contribution in [0.4, 0.5) is 23.2 Å².